The van der Waals surface area contributed by atoms with Gasteiger partial charge in [0.05, 0.1) is 18.1 Å². The largest absolute Gasteiger partial charge is 0.378 e. The lowest BCUT2D eigenvalue weighted by Gasteiger charge is -2.32. The third-order valence-electron chi connectivity index (χ3n) is 3.43. The molecule has 1 aromatic rings. The molecule has 1 aliphatic heterocycles. The summed E-state index contributed by atoms with van der Waals surface area (Å²) in [7, 11) is -3.48. The second-order valence-corrected chi connectivity index (χ2v) is 6.84. The second-order valence-electron chi connectivity index (χ2n) is 4.71. The number of benzene rings is 1. The van der Waals surface area contributed by atoms with Crippen LogP contribution in [0.25, 0.3) is 0 Å². The Labute approximate surface area is 119 Å². The molecule has 1 heterocycles. The Morgan fingerprint density at radius 1 is 1.47 bits per heavy atom. The van der Waals surface area contributed by atoms with Gasteiger partial charge in [0.2, 0.25) is 10.0 Å². The van der Waals surface area contributed by atoms with Gasteiger partial charge in [-0.05, 0) is 31.0 Å². The summed E-state index contributed by atoms with van der Waals surface area (Å²) in [5, 5.41) is 0. The Hall–Kier alpha value is -0.620. The fourth-order valence-electron chi connectivity index (χ4n) is 2.28. The van der Waals surface area contributed by atoms with Crippen LogP contribution in [0.2, 0.25) is 0 Å². The van der Waals surface area contributed by atoms with Crippen molar-refractivity contribution in [2.24, 2.45) is 0 Å². The number of nitrogens with zero attached hydrogens (tertiary/aromatic N) is 1. The molecular weight excluding hydrogens is 286 g/mol. The minimum absolute atomic E-state index is 0.141. The SMILES string of the molecule is Cc1c(CCl)cccc1S(=O)(=O)N1CCOCC1C. The first kappa shape index (κ1) is 14.8. The van der Waals surface area contributed by atoms with Crippen LogP contribution in [0.4, 0.5) is 0 Å². The zero-order valence-electron chi connectivity index (χ0n) is 11.1. The van der Waals surface area contributed by atoms with Crippen LogP contribution in [-0.2, 0) is 20.6 Å². The quantitative estimate of drug-likeness (QED) is 0.804. The molecule has 0 aromatic heterocycles. The lowest BCUT2D eigenvalue weighted by atomic mass is 10.1. The molecule has 0 spiro atoms. The fraction of sp³-hybridized carbons (Fsp3) is 0.538. The number of rotatable bonds is 3. The van der Waals surface area contributed by atoms with Crippen LogP contribution < -0.4 is 0 Å². The molecule has 19 heavy (non-hydrogen) atoms. The van der Waals surface area contributed by atoms with E-state index < -0.39 is 10.0 Å². The van der Waals surface area contributed by atoms with Crippen molar-refractivity contribution in [3.05, 3.63) is 29.3 Å². The van der Waals surface area contributed by atoms with Crippen molar-refractivity contribution >= 4 is 21.6 Å². The van der Waals surface area contributed by atoms with Crippen LogP contribution in [0.15, 0.2) is 23.1 Å². The second kappa shape index (κ2) is 5.79. The third kappa shape index (κ3) is 2.79. The Morgan fingerprint density at radius 2 is 2.21 bits per heavy atom. The summed E-state index contributed by atoms with van der Waals surface area (Å²) >= 11 is 5.84. The summed E-state index contributed by atoms with van der Waals surface area (Å²) in [5.74, 6) is 0.313. The summed E-state index contributed by atoms with van der Waals surface area (Å²) in [6.45, 7) is 4.94. The van der Waals surface area contributed by atoms with Crippen molar-refractivity contribution in [2.75, 3.05) is 19.8 Å². The molecule has 0 radical (unpaired) electrons. The molecule has 0 aliphatic carbocycles. The van der Waals surface area contributed by atoms with E-state index in [2.05, 4.69) is 0 Å². The Bertz CT molecular complexity index is 559. The molecular formula is C13H18ClNO3S. The maximum absolute atomic E-state index is 12.7. The summed E-state index contributed by atoms with van der Waals surface area (Å²) in [6, 6.07) is 5.09. The zero-order chi connectivity index (χ0) is 14.0. The van der Waals surface area contributed by atoms with Crippen molar-refractivity contribution in [2.45, 2.75) is 30.7 Å². The first-order valence-corrected chi connectivity index (χ1v) is 8.20. The number of hydrogen-bond acceptors (Lipinski definition) is 3. The van der Waals surface area contributed by atoms with E-state index in [0.29, 0.717) is 30.5 Å². The highest BCUT2D eigenvalue weighted by molar-refractivity contribution is 7.89. The van der Waals surface area contributed by atoms with Gasteiger partial charge in [0, 0.05) is 18.5 Å². The zero-order valence-corrected chi connectivity index (χ0v) is 12.7. The first-order valence-electron chi connectivity index (χ1n) is 6.22. The molecule has 2 rings (SSSR count). The van der Waals surface area contributed by atoms with Crippen molar-refractivity contribution < 1.29 is 13.2 Å². The Morgan fingerprint density at radius 3 is 2.84 bits per heavy atom. The standard InChI is InChI=1S/C13H18ClNO3S/c1-10-9-18-7-6-15(10)19(16,17)13-5-3-4-12(8-14)11(13)2/h3-5,10H,6-9H2,1-2H3. The van der Waals surface area contributed by atoms with Gasteiger partial charge in [-0.2, -0.15) is 4.31 Å². The molecule has 0 bridgehead atoms. The fourth-order valence-corrected chi connectivity index (χ4v) is 4.44. The third-order valence-corrected chi connectivity index (χ3v) is 5.88. The van der Waals surface area contributed by atoms with Crippen LogP contribution in [0.1, 0.15) is 18.1 Å². The molecule has 6 heteroatoms. The summed E-state index contributed by atoms with van der Waals surface area (Å²) in [6.07, 6.45) is 0. The average molecular weight is 304 g/mol. The van der Waals surface area contributed by atoms with E-state index in [9.17, 15) is 8.42 Å². The number of halogens is 1. The van der Waals surface area contributed by atoms with E-state index >= 15 is 0 Å². The molecule has 1 unspecified atom stereocenters. The minimum Gasteiger partial charge on any atom is -0.378 e. The lowest BCUT2D eigenvalue weighted by Crippen LogP contribution is -2.47. The number of hydrogen-bond donors (Lipinski definition) is 0. The van der Waals surface area contributed by atoms with Gasteiger partial charge >= 0.3 is 0 Å². The van der Waals surface area contributed by atoms with Crippen molar-refractivity contribution in [1.29, 1.82) is 0 Å². The van der Waals surface area contributed by atoms with E-state index in [4.69, 9.17) is 16.3 Å². The molecule has 1 fully saturated rings. The molecule has 1 aromatic carbocycles. The summed E-state index contributed by atoms with van der Waals surface area (Å²) in [5.41, 5.74) is 1.58. The van der Waals surface area contributed by atoms with Gasteiger partial charge in [-0.3, -0.25) is 0 Å². The lowest BCUT2D eigenvalue weighted by molar-refractivity contribution is 0.0392. The topological polar surface area (TPSA) is 46.6 Å². The molecule has 1 saturated heterocycles. The smallest absolute Gasteiger partial charge is 0.243 e. The summed E-state index contributed by atoms with van der Waals surface area (Å²) in [4.78, 5) is 0.347. The first-order chi connectivity index (χ1) is 8.98. The van der Waals surface area contributed by atoms with E-state index in [1.165, 1.54) is 4.31 Å². The van der Waals surface area contributed by atoms with Gasteiger partial charge in [0.1, 0.15) is 0 Å². The molecule has 106 valence electrons. The van der Waals surface area contributed by atoms with Gasteiger partial charge in [-0.25, -0.2) is 8.42 Å². The van der Waals surface area contributed by atoms with Crippen LogP contribution in [0.3, 0.4) is 0 Å². The maximum atomic E-state index is 12.7. The number of sulfonamides is 1. The van der Waals surface area contributed by atoms with E-state index in [0.717, 1.165) is 11.1 Å². The van der Waals surface area contributed by atoms with Gasteiger partial charge in [-0.15, -0.1) is 11.6 Å². The predicted molar refractivity (Wildman–Crippen MR) is 74.9 cm³/mol. The molecule has 0 N–H and O–H groups in total. The highest BCUT2D eigenvalue weighted by atomic mass is 35.5. The highest BCUT2D eigenvalue weighted by Crippen LogP contribution is 2.25. The Kier molecular flexibility index (Phi) is 4.50. The molecule has 0 saturated carbocycles. The van der Waals surface area contributed by atoms with Crippen molar-refractivity contribution in [3.63, 3.8) is 0 Å². The number of morpholine rings is 1. The van der Waals surface area contributed by atoms with E-state index in [1.54, 1.807) is 19.1 Å². The van der Waals surface area contributed by atoms with E-state index in [-0.39, 0.29) is 6.04 Å². The van der Waals surface area contributed by atoms with Crippen LogP contribution in [0.5, 0.6) is 0 Å². The van der Waals surface area contributed by atoms with Gasteiger partial charge in [-0.1, -0.05) is 12.1 Å². The average Bonchev–Trinajstić information content (AvgIpc) is 2.39. The highest BCUT2D eigenvalue weighted by Gasteiger charge is 2.32. The minimum atomic E-state index is -3.48. The van der Waals surface area contributed by atoms with Crippen LogP contribution in [0, 0.1) is 6.92 Å². The van der Waals surface area contributed by atoms with Gasteiger partial charge in [0.15, 0.2) is 0 Å². The monoisotopic (exact) mass is 303 g/mol. The molecule has 0 amide bonds. The molecule has 4 nitrogen and oxygen atoms in total. The summed E-state index contributed by atoms with van der Waals surface area (Å²) < 4.78 is 32.2. The van der Waals surface area contributed by atoms with Gasteiger partial charge in [0.25, 0.3) is 0 Å². The maximum Gasteiger partial charge on any atom is 0.243 e. The van der Waals surface area contributed by atoms with Crippen molar-refractivity contribution in [1.82, 2.24) is 4.31 Å². The normalized spacial score (nSPS) is 21.5. The Balaban J connectivity index is 2.44. The molecule has 1 aliphatic rings. The van der Waals surface area contributed by atoms with Crippen LogP contribution >= 0.6 is 11.6 Å². The predicted octanol–water partition coefficient (Wildman–Crippen LogP) is 2.14. The van der Waals surface area contributed by atoms with E-state index in [1.807, 2.05) is 13.0 Å². The van der Waals surface area contributed by atoms with Crippen molar-refractivity contribution in [3.8, 4) is 0 Å². The number of ether oxygens (including phenoxy) is 1. The molecule has 1 atom stereocenters. The van der Waals surface area contributed by atoms with Crippen LogP contribution in [-0.4, -0.2) is 38.5 Å². The van der Waals surface area contributed by atoms with Gasteiger partial charge < -0.3 is 4.74 Å². The number of alkyl halides is 1.